The predicted molar refractivity (Wildman–Crippen MR) is 64.1 cm³/mol. The molecule has 1 amide bonds. The monoisotopic (exact) mass is 253 g/mol. The molecule has 1 aromatic rings. The number of rotatable bonds is 3. The maximum Gasteiger partial charge on any atom is 0.407 e. The fraction of sp³-hybridized carbons (Fsp3) is 0.750. The van der Waals surface area contributed by atoms with E-state index in [1.807, 2.05) is 20.8 Å². The zero-order valence-corrected chi connectivity index (χ0v) is 11.2. The summed E-state index contributed by atoms with van der Waals surface area (Å²) in [5.41, 5.74) is -0.462. The topological polar surface area (TPSA) is 77.2 Å². The van der Waals surface area contributed by atoms with Gasteiger partial charge in [-0.2, -0.15) is 4.98 Å². The molecule has 0 saturated heterocycles. The molecule has 1 fully saturated rings. The predicted octanol–water partition coefficient (Wildman–Crippen LogP) is 2.01. The van der Waals surface area contributed by atoms with Crippen LogP contribution in [0, 0.1) is 12.8 Å². The molecule has 1 aliphatic carbocycles. The Labute approximate surface area is 106 Å². The molecular formula is C12H19N3O3. The zero-order valence-electron chi connectivity index (χ0n) is 11.2. The molecule has 18 heavy (non-hydrogen) atoms. The lowest BCUT2D eigenvalue weighted by molar-refractivity contribution is 0.0525. The van der Waals surface area contributed by atoms with Crippen LogP contribution in [0.5, 0.6) is 0 Å². The van der Waals surface area contributed by atoms with Crippen molar-refractivity contribution in [3.63, 3.8) is 0 Å². The molecule has 6 nitrogen and oxygen atoms in total. The zero-order chi connectivity index (χ0) is 13.3. The van der Waals surface area contributed by atoms with E-state index in [0.717, 1.165) is 6.42 Å². The highest BCUT2D eigenvalue weighted by Gasteiger charge is 2.42. The molecule has 2 unspecified atom stereocenters. The maximum absolute atomic E-state index is 11.5. The van der Waals surface area contributed by atoms with Gasteiger partial charge in [-0.05, 0) is 40.0 Å². The number of alkyl carbamates (subject to hydrolysis) is 1. The molecule has 2 atom stereocenters. The third-order valence-electron chi connectivity index (χ3n) is 2.69. The van der Waals surface area contributed by atoms with Gasteiger partial charge in [0.05, 0.1) is 0 Å². The number of hydrogen-bond donors (Lipinski definition) is 1. The largest absolute Gasteiger partial charge is 0.444 e. The molecule has 1 saturated carbocycles. The Bertz CT molecular complexity index is 436. The van der Waals surface area contributed by atoms with Gasteiger partial charge in [0.15, 0.2) is 5.82 Å². The van der Waals surface area contributed by atoms with Crippen LogP contribution in [-0.2, 0) is 4.74 Å². The average Bonchev–Trinajstić information content (AvgIpc) is 2.88. The highest BCUT2D eigenvalue weighted by atomic mass is 16.6. The molecule has 2 rings (SSSR count). The summed E-state index contributed by atoms with van der Waals surface area (Å²) in [4.78, 5) is 15.6. The lowest BCUT2D eigenvalue weighted by atomic mass is 10.2. The van der Waals surface area contributed by atoms with E-state index >= 15 is 0 Å². The van der Waals surface area contributed by atoms with Gasteiger partial charge in [0.1, 0.15) is 5.60 Å². The molecule has 1 heterocycles. The first kappa shape index (κ1) is 12.9. The fourth-order valence-electron chi connectivity index (χ4n) is 1.77. The minimum atomic E-state index is -0.462. The van der Waals surface area contributed by atoms with Crippen LogP contribution in [0.25, 0.3) is 0 Å². The lowest BCUT2D eigenvalue weighted by Crippen LogP contribution is -2.33. The van der Waals surface area contributed by atoms with Gasteiger partial charge in [-0.3, -0.25) is 0 Å². The summed E-state index contributed by atoms with van der Waals surface area (Å²) in [5, 5.41) is 6.51. The maximum atomic E-state index is 11.5. The molecule has 0 spiro atoms. The summed E-state index contributed by atoms with van der Waals surface area (Å²) in [6.45, 7) is 7.90. The molecule has 1 aromatic heterocycles. The molecular weight excluding hydrogens is 234 g/mol. The number of carbonyl (C=O) groups excluding carboxylic acids is 1. The van der Waals surface area contributed by atoms with Crippen molar-refractivity contribution in [2.45, 2.75) is 45.6 Å². The minimum absolute atomic E-state index is 0.279. The van der Waals surface area contributed by atoms with Gasteiger partial charge >= 0.3 is 6.09 Å². The van der Waals surface area contributed by atoms with E-state index in [9.17, 15) is 4.79 Å². The number of nitrogens with one attached hydrogen (secondary N) is 1. The Hall–Kier alpha value is -1.59. The first-order chi connectivity index (χ1) is 8.35. The molecule has 0 bridgehead atoms. The van der Waals surface area contributed by atoms with Gasteiger partial charge < -0.3 is 14.6 Å². The van der Waals surface area contributed by atoms with Gasteiger partial charge in [0, 0.05) is 12.5 Å². The normalized spacial score (nSPS) is 22.7. The van der Waals surface area contributed by atoms with Crippen LogP contribution in [0.4, 0.5) is 4.79 Å². The molecule has 100 valence electrons. The number of aromatic nitrogens is 2. The number of hydrogen-bond acceptors (Lipinski definition) is 5. The van der Waals surface area contributed by atoms with Crippen molar-refractivity contribution in [3.05, 3.63) is 11.7 Å². The van der Waals surface area contributed by atoms with Crippen molar-refractivity contribution in [1.29, 1.82) is 0 Å². The van der Waals surface area contributed by atoms with E-state index in [1.54, 1.807) is 6.92 Å². The Morgan fingerprint density at radius 1 is 1.56 bits per heavy atom. The standard InChI is InChI=1S/C12H19N3O3/c1-7-14-10(18-15-7)9-5-8(9)6-13-11(16)17-12(2,3)4/h8-9H,5-6H2,1-4H3,(H,13,16). The number of carbonyl (C=O) groups is 1. The summed E-state index contributed by atoms with van der Waals surface area (Å²) < 4.78 is 10.3. The van der Waals surface area contributed by atoms with Crippen LogP contribution < -0.4 is 5.32 Å². The number of amides is 1. The second-order valence-corrected chi connectivity index (χ2v) is 5.66. The van der Waals surface area contributed by atoms with Crippen molar-refractivity contribution in [2.24, 2.45) is 5.92 Å². The molecule has 0 aromatic carbocycles. The number of nitrogens with zero attached hydrogens (tertiary/aromatic N) is 2. The van der Waals surface area contributed by atoms with Crippen LogP contribution >= 0.6 is 0 Å². The average molecular weight is 253 g/mol. The van der Waals surface area contributed by atoms with Gasteiger partial charge in [0.25, 0.3) is 0 Å². The van der Waals surface area contributed by atoms with E-state index in [4.69, 9.17) is 9.26 Å². The second kappa shape index (κ2) is 4.59. The Kier molecular flexibility index (Phi) is 3.28. The third-order valence-corrected chi connectivity index (χ3v) is 2.69. The quantitative estimate of drug-likeness (QED) is 0.891. The Balaban J connectivity index is 1.72. The van der Waals surface area contributed by atoms with Gasteiger partial charge in [-0.15, -0.1) is 0 Å². The minimum Gasteiger partial charge on any atom is -0.444 e. The lowest BCUT2D eigenvalue weighted by Gasteiger charge is -2.19. The molecule has 1 N–H and O–H groups in total. The van der Waals surface area contributed by atoms with Crippen molar-refractivity contribution in [3.8, 4) is 0 Å². The van der Waals surface area contributed by atoms with E-state index in [-0.39, 0.29) is 12.0 Å². The first-order valence-electron chi connectivity index (χ1n) is 6.12. The highest BCUT2D eigenvalue weighted by molar-refractivity contribution is 5.67. The van der Waals surface area contributed by atoms with Gasteiger partial charge in [0.2, 0.25) is 5.89 Å². The SMILES string of the molecule is Cc1noc(C2CC2CNC(=O)OC(C)(C)C)n1. The first-order valence-corrected chi connectivity index (χ1v) is 6.12. The summed E-state index contributed by atoms with van der Waals surface area (Å²) in [6, 6.07) is 0. The van der Waals surface area contributed by atoms with Crippen LogP contribution in [0.3, 0.4) is 0 Å². The smallest absolute Gasteiger partial charge is 0.407 e. The summed E-state index contributed by atoms with van der Waals surface area (Å²) in [6.07, 6.45) is 0.590. The molecule has 6 heteroatoms. The van der Waals surface area contributed by atoms with Gasteiger partial charge in [-0.1, -0.05) is 5.16 Å². The van der Waals surface area contributed by atoms with E-state index < -0.39 is 5.60 Å². The van der Waals surface area contributed by atoms with Crippen molar-refractivity contribution in [1.82, 2.24) is 15.5 Å². The van der Waals surface area contributed by atoms with Crippen molar-refractivity contribution >= 4 is 6.09 Å². The summed E-state index contributed by atoms with van der Waals surface area (Å²) in [7, 11) is 0. The van der Waals surface area contributed by atoms with E-state index in [2.05, 4.69) is 15.5 Å². The molecule has 0 aliphatic heterocycles. The van der Waals surface area contributed by atoms with Crippen LogP contribution in [0.1, 0.15) is 44.8 Å². The summed E-state index contributed by atoms with van der Waals surface area (Å²) >= 11 is 0. The van der Waals surface area contributed by atoms with Crippen molar-refractivity contribution in [2.75, 3.05) is 6.54 Å². The number of aryl methyl sites for hydroxylation is 1. The van der Waals surface area contributed by atoms with Crippen LogP contribution in [0.2, 0.25) is 0 Å². The number of ether oxygens (including phenoxy) is 1. The molecule has 0 radical (unpaired) electrons. The van der Waals surface area contributed by atoms with E-state index in [1.165, 1.54) is 0 Å². The Morgan fingerprint density at radius 3 is 2.83 bits per heavy atom. The van der Waals surface area contributed by atoms with E-state index in [0.29, 0.717) is 24.2 Å². The fourth-order valence-corrected chi connectivity index (χ4v) is 1.77. The van der Waals surface area contributed by atoms with Gasteiger partial charge in [-0.25, -0.2) is 4.79 Å². The highest BCUT2D eigenvalue weighted by Crippen LogP contribution is 2.46. The van der Waals surface area contributed by atoms with Crippen molar-refractivity contribution < 1.29 is 14.1 Å². The van der Waals surface area contributed by atoms with Crippen LogP contribution in [0.15, 0.2) is 4.52 Å². The Morgan fingerprint density at radius 2 is 2.28 bits per heavy atom. The molecule has 1 aliphatic rings. The summed E-state index contributed by atoms with van der Waals surface area (Å²) in [5.74, 6) is 1.97. The van der Waals surface area contributed by atoms with Crippen LogP contribution in [-0.4, -0.2) is 28.4 Å². The third kappa shape index (κ3) is 3.45. The second-order valence-electron chi connectivity index (χ2n) is 5.66.